The van der Waals surface area contributed by atoms with Crippen LogP contribution in [-0.4, -0.2) is 84.2 Å². The van der Waals surface area contributed by atoms with Gasteiger partial charge in [-0.25, -0.2) is 8.42 Å². The lowest BCUT2D eigenvalue weighted by atomic mass is 9.86. The van der Waals surface area contributed by atoms with Crippen molar-refractivity contribution in [3.8, 4) is 0 Å². The van der Waals surface area contributed by atoms with E-state index in [9.17, 15) is 28.1 Å². The van der Waals surface area contributed by atoms with Gasteiger partial charge in [-0.2, -0.15) is 4.31 Å². The van der Waals surface area contributed by atoms with Gasteiger partial charge in [-0.15, -0.1) is 0 Å². The van der Waals surface area contributed by atoms with Crippen LogP contribution in [-0.2, 0) is 19.6 Å². The van der Waals surface area contributed by atoms with Gasteiger partial charge in [-0.1, -0.05) is 29.8 Å². The van der Waals surface area contributed by atoms with Crippen LogP contribution >= 0.6 is 11.6 Å². The maximum atomic E-state index is 13.9. The second kappa shape index (κ2) is 10.7. The zero-order valence-electron chi connectivity index (χ0n) is 21.4. The number of halogens is 1. The lowest BCUT2D eigenvalue weighted by Gasteiger charge is -2.42. The minimum Gasteiger partial charge on any atom is -0.341 e. The highest BCUT2D eigenvalue weighted by Gasteiger charge is 2.55. The third-order valence-corrected chi connectivity index (χ3v) is 10.1. The normalized spacial score (nSPS) is 20.0. The molecular weight excluding hydrogens is 546 g/mol. The van der Waals surface area contributed by atoms with Gasteiger partial charge in [0.1, 0.15) is 17.1 Å². The van der Waals surface area contributed by atoms with Crippen molar-refractivity contribution in [2.45, 2.75) is 42.5 Å². The molecule has 5 rings (SSSR count). The lowest BCUT2D eigenvalue weighted by Crippen LogP contribution is -2.57. The summed E-state index contributed by atoms with van der Waals surface area (Å²) in [6.07, 6.45) is 3.44. The molecule has 0 saturated carbocycles. The number of anilines is 1. The van der Waals surface area contributed by atoms with E-state index in [0.29, 0.717) is 13.1 Å². The molecule has 208 valence electrons. The molecular formula is C26H30ClN5O6S. The number of rotatable bonds is 6. The number of carbonyl (C=O) groups excluding carboxylic acids is 2. The number of nitrogens with zero attached hydrogens (tertiary/aromatic N) is 5. The number of nitro groups is 1. The molecule has 2 amide bonds. The molecule has 0 aliphatic carbocycles. The summed E-state index contributed by atoms with van der Waals surface area (Å²) in [6, 6.07) is 12.9. The summed E-state index contributed by atoms with van der Waals surface area (Å²) < 4.78 is 28.0. The van der Waals surface area contributed by atoms with Crippen molar-refractivity contribution in [2.24, 2.45) is 0 Å². The van der Waals surface area contributed by atoms with E-state index in [4.69, 9.17) is 11.6 Å². The fourth-order valence-corrected chi connectivity index (χ4v) is 7.42. The summed E-state index contributed by atoms with van der Waals surface area (Å²) in [4.78, 5) is 42.7. The quantitative estimate of drug-likeness (QED) is 0.383. The predicted octanol–water partition coefficient (Wildman–Crippen LogP) is 3.09. The van der Waals surface area contributed by atoms with Crippen molar-refractivity contribution in [3.05, 3.63) is 63.7 Å². The number of para-hydroxylation sites is 1. The second-order valence-electron chi connectivity index (χ2n) is 10.2. The van der Waals surface area contributed by atoms with Gasteiger partial charge >= 0.3 is 0 Å². The molecule has 1 spiro atoms. The Morgan fingerprint density at radius 1 is 1.00 bits per heavy atom. The molecule has 0 N–H and O–H groups in total. The Labute approximate surface area is 232 Å². The zero-order chi connectivity index (χ0) is 27.8. The maximum Gasteiger partial charge on any atom is 0.289 e. The number of sulfonamides is 1. The number of carbonyl (C=O) groups is 2. The molecule has 3 aliphatic heterocycles. The molecule has 3 heterocycles. The molecule has 3 saturated heterocycles. The van der Waals surface area contributed by atoms with Gasteiger partial charge < -0.3 is 14.7 Å². The Morgan fingerprint density at radius 2 is 1.67 bits per heavy atom. The summed E-state index contributed by atoms with van der Waals surface area (Å²) in [5.41, 5.74) is -0.661. The topological polar surface area (TPSA) is 124 Å². The Kier molecular flexibility index (Phi) is 7.53. The number of benzene rings is 2. The van der Waals surface area contributed by atoms with Crippen molar-refractivity contribution in [2.75, 3.05) is 44.3 Å². The first-order valence-electron chi connectivity index (χ1n) is 13.0. The van der Waals surface area contributed by atoms with E-state index in [-0.39, 0.29) is 60.9 Å². The van der Waals surface area contributed by atoms with Crippen LogP contribution in [0.15, 0.2) is 53.4 Å². The highest BCUT2D eigenvalue weighted by Crippen LogP contribution is 2.41. The molecule has 13 heteroatoms. The van der Waals surface area contributed by atoms with Crippen LogP contribution in [0.1, 0.15) is 32.1 Å². The standard InChI is InChI=1S/C26H30ClN5O6S/c27-22-10-9-21(17-23(22)32(35)36)39(37,38)30-15-11-26(12-16-30)25(34)29(18-24(33)28-13-5-2-6-14-28)19-31(26)20-7-3-1-4-8-20/h1,3-4,7-10,17H,2,5-6,11-16,18-19H2. The van der Waals surface area contributed by atoms with Crippen LogP contribution in [0.25, 0.3) is 0 Å². The Bertz CT molecular complexity index is 1370. The average molecular weight is 576 g/mol. The molecule has 0 aromatic heterocycles. The monoisotopic (exact) mass is 575 g/mol. The van der Waals surface area contributed by atoms with Crippen molar-refractivity contribution in [1.29, 1.82) is 0 Å². The molecule has 0 atom stereocenters. The highest BCUT2D eigenvalue weighted by atomic mass is 35.5. The molecule has 3 fully saturated rings. The Balaban J connectivity index is 1.38. The predicted molar refractivity (Wildman–Crippen MR) is 145 cm³/mol. The van der Waals surface area contributed by atoms with E-state index in [1.54, 1.807) is 4.90 Å². The fraction of sp³-hybridized carbons (Fsp3) is 0.462. The number of likely N-dealkylation sites (tertiary alicyclic amines) is 1. The van der Waals surface area contributed by atoms with E-state index >= 15 is 0 Å². The number of hydrogen-bond acceptors (Lipinski definition) is 7. The first-order valence-corrected chi connectivity index (χ1v) is 14.8. The number of hydrogen-bond donors (Lipinski definition) is 0. The summed E-state index contributed by atoms with van der Waals surface area (Å²) >= 11 is 5.87. The zero-order valence-corrected chi connectivity index (χ0v) is 22.9. The van der Waals surface area contributed by atoms with Crippen LogP contribution in [0, 0.1) is 10.1 Å². The fourth-order valence-electron chi connectivity index (χ4n) is 5.77. The SMILES string of the molecule is O=C(CN1CN(c2ccccc2)C2(CCN(S(=O)(=O)c3ccc(Cl)c([N+](=O)[O-])c3)CC2)C1=O)N1CCCCC1. The third kappa shape index (κ3) is 5.08. The van der Waals surface area contributed by atoms with Crippen LogP contribution in [0.5, 0.6) is 0 Å². The molecule has 11 nitrogen and oxygen atoms in total. The summed E-state index contributed by atoms with van der Waals surface area (Å²) in [5.74, 6) is -0.256. The largest absolute Gasteiger partial charge is 0.341 e. The summed E-state index contributed by atoms with van der Waals surface area (Å²) in [6.45, 7) is 1.70. The van der Waals surface area contributed by atoms with Gasteiger partial charge in [0, 0.05) is 37.9 Å². The van der Waals surface area contributed by atoms with E-state index in [1.165, 1.54) is 16.4 Å². The first kappa shape index (κ1) is 27.4. The minimum atomic E-state index is -4.06. The number of amides is 2. The van der Waals surface area contributed by atoms with Crippen LogP contribution < -0.4 is 4.90 Å². The average Bonchev–Trinajstić information content (AvgIpc) is 3.20. The Morgan fingerprint density at radius 3 is 2.31 bits per heavy atom. The van der Waals surface area contributed by atoms with E-state index < -0.39 is 26.2 Å². The third-order valence-electron chi connectivity index (χ3n) is 7.92. The Hall–Kier alpha value is -3.22. The van der Waals surface area contributed by atoms with Gasteiger partial charge in [-0.3, -0.25) is 19.7 Å². The van der Waals surface area contributed by atoms with Gasteiger partial charge in [0.15, 0.2) is 0 Å². The lowest BCUT2D eigenvalue weighted by molar-refractivity contribution is -0.384. The molecule has 0 bridgehead atoms. The summed E-state index contributed by atoms with van der Waals surface area (Å²) in [7, 11) is -4.06. The number of piperidine rings is 2. The first-order chi connectivity index (χ1) is 18.6. The highest BCUT2D eigenvalue weighted by molar-refractivity contribution is 7.89. The van der Waals surface area contributed by atoms with Crippen molar-refractivity contribution < 1.29 is 22.9 Å². The smallest absolute Gasteiger partial charge is 0.289 e. The molecule has 2 aromatic rings. The van der Waals surface area contributed by atoms with E-state index in [1.807, 2.05) is 40.1 Å². The van der Waals surface area contributed by atoms with Gasteiger partial charge in [-0.05, 0) is 56.4 Å². The molecule has 2 aromatic carbocycles. The minimum absolute atomic E-state index is 0.0135. The second-order valence-corrected chi connectivity index (χ2v) is 12.5. The van der Waals surface area contributed by atoms with Crippen molar-refractivity contribution in [1.82, 2.24) is 14.1 Å². The summed E-state index contributed by atoms with van der Waals surface area (Å²) in [5, 5.41) is 11.2. The maximum absolute atomic E-state index is 13.9. The van der Waals surface area contributed by atoms with Gasteiger partial charge in [0.05, 0.1) is 16.5 Å². The van der Waals surface area contributed by atoms with Crippen molar-refractivity contribution in [3.63, 3.8) is 0 Å². The van der Waals surface area contributed by atoms with Gasteiger partial charge in [0.2, 0.25) is 21.8 Å². The van der Waals surface area contributed by atoms with Gasteiger partial charge in [0.25, 0.3) is 5.69 Å². The molecule has 0 radical (unpaired) electrons. The molecule has 0 unspecified atom stereocenters. The van der Waals surface area contributed by atoms with E-state index in [2.05, 4.69) is 0 Å². The number of nitro benzene ring substituents is 1. The molecule has 3 aliphatic rings. The van der Waals surface area contributed by atoms with E-state index in [0.717, 1.165) is 31.0 Å². The van der Waals surface area contributed by atoms with Crippen molar-refractivity contribution >= 4 is 44.8 Å². The van der Waals surface area contributed by atoms with Crippen LogP contribution in [0.4, 0.5) is 11.4 Å². The van der Waals surface area contributed by atoms with Crippen LogP contribution in [0.3, 0.4) is 0 Å². The molecule has 39 heavy (non-hydrogen) atoms. The van der Waals surface area contributed by atoms with Crippen LogP contribution in [0.2, 0.25) is 5.02 Å².